The highest BCUT2D eigenvalue weighted by Crippen LogP contribution is 2.29. The van der Waals surface area contributed by atoms with E-state index in [4.69, 9.17) is 12.2 Å². The number of hydrogen-bond acceptors (Lipinski definition) is 4. The standard InChI is InChI=1S/C20H27FN4S2/c1-3-24-10-12-25(13-11-24)19(18-5-4-14-27-18)15(2)22-20(26)23-17-8-6-16(21)7-9-17/h4-9,14-15,19H,3,10-13H2,1-2H3,(H2,22,23,26)/t15-,19+/m1/s1. The number of rotatable bonds is 6. The Morgan fingerprint density at radius 3 is 2.48 bits per heavy atom. The molecule has 2 aromatic rings. The van der Waals surface area contributed by atoms with Crippen molar-refractivity contribution in [2.75, 3.05) is 38.0 Å². The van der Waals surface area contributed by atoms with Gasteiger partial charge in [0.15, 0.2) is 5.11 Å². The van der Waals surface area contributed by atoms with E-state index in [9.17, 15) is 4.39 Å². The molecule has 0 bridgehead atoms. The van der Waals surface area contributed by atoms with Gasteiger partial charge in [-0.15, -0.1) is 11.3 Å². The quantitative estimate of drug-likeness (QED) is 0.710. The summed E-state index contributed by atoms with van der Waals surface area (Å²) in [5, 5.41) is 9.27. The van der Waals surface area contributed by atoms with E-state index in [0.717, 1.165) is 38.4 Å². The fourth-order valence-corrected chi connectivity index (χ4v) is 4.81. The molecule has 0 aliphatic carbocycles. The van der Waals surface area contributed by atoms with Gasteiger partial charge in [0, 0.05) is 42.8 Å². The smallest absolute Gasteiger partial charge is 0.171 e. The molecule has 2 N–H and O–H groups in total. The Morgan fingerprint density at radius 1 is 1.19 bits per heavy atom. The second kappa shape index (κ2) is 9.59. The lowest BCUT2D eigenvalue weighted by Gasteiger charge is -2.41. The van der Waals surface area contributed by atoms with Crippen LogP contribution >= 0.6 is 23.6 Å². The van der Waals surface area contributed by atoms with Crippen LogP contribution in [-0.4, -0.2) is 53.7 Å². The van der Waals surface area contributed by atoms with E-state index in [0.29, 0.717) is 5.11 Å². The Balaban J connectivity index is 1.65. The molecular weight excluding hydrogens is 379 g/mol. The van der Waals surface area contributed by atoms with Crippen LogP contribution in [0.25, 0.3) is 0 Å². The summed E-state index contributed by atoms with van der Waals surface area (Å²) in [6.45, 7) is 9.82. The number of nitrogens with zero attached hydrogens (tertiary/aromatic N) is 2. The Bertz CT molecular complexity index is 712. The maximum absolute atomic E-state index is 13.1. The number of thiophene rings is 1. The summed E-state index contributed by atoms with van der Waals surface area (Å²) in [6, 6.07) is 11.0. The highest BCUT2D eigenvalue weighted by Gasteiger charge is 2.30. The second-order valence-corrected chi connectivity index (χ2v) is 8.21. The highest BCUT2D eigenvalue weighted by molar-refractivity contribution is 7.80. The van der Waals surface area contributed by atoms with Crippen LogP contribution in [0.15, 0.2) is 41.8 Å². The molecule has 2 heterocycles. The number of anilines is 1. The third-order valence-corrected chi connectivity index (χ3v) is 6.18. The van der Waals surface area contributed by atoms with Crippen LogP contribution in [-0.2, 0) is 0 Å². The molecule has 1 aromatic heterocycles. The van der Waals surface area contributed by atoms with Gasteiger partial charge in [0.05, 0.1) is 6.04 Å². The Morgan fingerprint density at radius 2 is 1.89 bits per heavy atom. The Kier molecular flexibility index (Phi) is 7.18. The molecule has 1 aromatic carbocycles. The molecule has 1 aliphatic heterocycles. The zero-order valence-electron chi connectivity index (χ0n) is 15.8. The van der Waals surface area contributed by atoms with E-state index in [1.165, 1.54) is 17.0 Å². The van der Waals surface area contributed by atoms with Crippen molar-refractivity contribution < 1.29 is 4.39 Å². The lowest BCUT2D eigenvalue weighted by atomic mass is 10.1. The number of thiocarbonyl (C=S) groups is 1. The van der Waals surface area contributed by atoms with Crippen LogP contribution in [0.5, 0.6) is 0 Å². The first-order valence-corrected chi connectivity index (χ1v) is 10.7. The van der Waals surface area contributed by atoms with E-state index < -0.39 is 0 Å². The summed E-state index contributed by atoms with van der Waals surface area (Å²) < 4.78 is 13.1. The maximum atomic E-state index is 13.1. The molecule has 0 radical (unpaired) electrons. The minimum absolute atomic E-state index is 0.150. The summed E-state index contributed by atoms with van der Waals surface area (Å²) >= 11 is 7.28. The van der Waals surface area contributed by atoms with Crippen molar-refractivity contribution in [3.05, 3.63) is 52.5 Å². The number of hydrogen-bond donors (Lipinski definition) is 2. The number of benzene rings is 1. The van der Waals surface area contributed by atoms with Crippen molar-refractivity contribution in [2.24, 2.45) is 0 Å². The van der Waals surface area contributed by atoms with Gasteiger partial charge >= 0.3 is 0 Å². The Labute approximate surface area is 170 Å². The summed E-state index contributed by atoms with van der Waals surface area (Å²) in [6.07, 6.45) is 0. The lowest BCUT2D eigenvalue weighted by Crippen LogP contribution is -2.52. The largest absolute Gasteiger partial charge is 0.358 e. The summed E-state index contributed by atoms with van der Waals surface area (Å²) in [7, 11) is 0. The molecule has 1 aliphatic rings. The van der Waals surface area contributed by atoms with Crippen LogP contribution < -0.4 is 10.6 Å². The zero-order valence-corrected chi connectivity index (χ0v) is 17.5. The molecule has 1 fully saturated rings. The number of halogens is 1. The van der Waals surface area contributed by atoms with Gasteiger partial charge in [-0.2, -0.15) is 0 Å². The number of piperazine rings is 1. The third-order valence-electron chi connectivity index (χ3n) is 5.02. The van der Waals surface area contributed by atoms with Gasteiger partial charge in [0.25, 0.3) is 0 Å². The van der Waals surface area contributed by atoms with Crippen molar-refractivity contribution in [3.8, 4) is 0 Å². The van der Waals surface area contributed by atoms with E-state index in [-0.39, 0.29) is 17.9 Å². The van der Waals surface area contributed by atoms with E-state index in [1.807, 2.05) is 0 Å². The van der Waals surface area contributed by atoms with Crippen LogP contribution in [0.1, 0.15) is 24.8 Å². The summed E-state index contributed by atoms with van der Waals surface area (Å²) in [5.41, 5.74) is 0.783. The Hall–Kier alpha value is -1.54. The predicted octanol–water partition coefficient (Wildman–Crippen LogP) is 3.94. The SMILES string of the molecule is CCN1CCN([C@H](c2cccs2)[C@@H](C)NC(=S)Nc2ccc(F)cc2)CC1. The molecule has 3 rings (SSSR count). The molecule has 0 spiro atoms. The van der Waals surface area contributed by atoms with Crippen molar-refractivity contribution in [3.63, 3.8) is 0 Å². The fraction of sp³-hybridized carbons (Fsp3) is 0.450. The van der Waals surface area contributed by atoms with Crippen molar-refractivity contribution in [1.29, 1.82) is 0 Å². The first kappa shape index (κ1) is 20.2. The van der Waals surface area contributed by atoms with Crippen LogP contribution in [0.3, 0.4) is 0 Å². The molecule has 4 nitrogen and oxygen atoms in total. The first-order valence-electron chi connectivity index (χ1n) is 9.39. The average molecular weight is 407 g/mol. The van der Waals surface area contributed by atoms with E-state index >= 15 is 0 Å². The molecule has 2 atom stereocenters. The van der Waals surface area contributed by atoms with Gasteiger partial charge in [0.1, 0.15) is 5.82 Å². The predicted molar refractivity (Wildman–Crippen MR) is 116 cm³/mol. The highest BCUT2D eigenvalue weighted by atomic mass is 32.1. The topological polar surface area (TPSA) is 30.5 Å². The van der Waals surface area contributed by atoms with Gasteiger partial charge in [-0.05, 0) is 61.4 Å². The summed E-state index contributed by atoms with van der Waals surface area (Å²) in [5.74, 6) is -0.253. The molecule has 0 amide bonds. The lowest BCUT2D eigenvalue weighted by molar-refractivity contribution is 0.0883. The maximum Gasteiger partial charge on any atom is 0.171 e. The summed E-state index contributed by atoms with van der Waals surface area (Å²) in [4.78, 5) is 6.39. The average Bonchev–Trinajstić information content (AvgIpc) is 3.18. The fourth-order valence-electron chi connectivity index (χ4n) is 3.55. The van der Waals surface area contributed by atoms with Crippen molar-refractivity contribution in [1.82, 2.24) is 15.1 Å². The van der Waals surface area contributed by atoms with Crippen molar-refractivity contribution >= 4 is 34.4 Å². The third kappa shape index (κ3) is 5.48. The van der Waals surface area contributed by atoms with Crippen LogP contribution in [0.4, 0.5) is 10.1 Å². The van der Waals surface area contributed by atoms with Gasteiger partial charge in [-0.25, -0.2) is 4.39 Å². The molecule has 1 saturated heterocycles. The number of likely N-dealkylation sites (N-methyl/N-ethyl adjacent to an activating group) is 1. The van der Waals surface area contributed by atoms with Gasteiger partial charge in [-0.3, -0.25) is 4.90 Å². The van der Waals surface area contributed by atoms with Gasteiger partial charge in [-0.1, -0.05) is 13.0 Å². The molecule has 0 saturated carbocycles. The molecule has 7 heteroatoms. The number of nitrogens with one attached hydrogen (secondary N) is 2. The van der Waals surface area contributed by atoms with Crippen LogP contribution in [0, 0.1) is 5.82 Å². The minimum Gasteiger partial charge on any atom is -0.358 e. The van der Waals surface area contributed by atoms with Gasteiger partial charge < -0.3 is 15.5 Å². The molecular formula is C20H27FN4S2. The zero-order chi connectivity index (χ0) is 19.2. The van der Waals surface area contributed by atoms with Crippen LogP contribution in [0.2, 0.25) is 0 Å². The van der Waals surface area contributed by atoms with Crippen molar-refractivity contribution in [2.45, 2.75) is 25.9 Å². The van der Waals surface area contributed by atoms with E-state index in [2.05, 4.69) is 51.8 Å². The first-order chi connectivity index (χ1) is 13.1. The monoisotopic (exact) mass is 406 g/mol. The molecule has 146 valence electrons. The second-order valence-electron chi connectivity index (χ2n) is 6.82. The van der Waals surface area contributed by atoms with Gasteiger partial charge in [0.2, 0.25) is 0 Å². The normalized spacial score (nSPS) is 18.0. The molecule has 27 heavy (non-hydrogen) atoms. The van der Waals surface area contributed by atoms with E-state index in [1.54, 1.807) is 23.5 Å². The molecule has 0 unspecified atom stereocenters. The minimum atomic E-state index is -0.253.